The number of nitrogens with one attached hydrogen (secondary N) is 1. The molecule has 0 aromatic heterocycles. The van der Waals surface area contributed by atoms with Crippen LogP contribution in [0.5, 0.6) is 0 Å². The predicted molar refractivity (Wildman–Crippen MR) is 79.4 cm³/mol. The van der Waals surface area contributed by atoms with Gasteiger partial charge in [0.15, 0.2) is 0 Å². The van der Waals surface area contributed by atoms with E-state index in [1.807, 2.05) is 39.0 Å². The summed E-state index contributed by atoms with van der Waals surface area (Å²) in [5.74, 6) is -0.0120. The average molecular weight is 363 g/mol. The number of amides is 1. The molecule has 0 unspecified atom stereocenters. The summed E-state index contributed by atoms with van der Waals surface area (Å²) >= 11 is 6.85. The Balaban J connectivity index is 2.98. The first-order chi connectivity index (χ1) is 7.93. The normalized spacial score (nSPS) is 11.4. The van der Waals surface area contributed by atoms with Crippen LogP contribution in [0.25, 0.3) is 0 Å². The van der Waals surface area contributed by atoms with E-state index < -0.39 is 0 Å². The molecule has 1 rings (SSSR count). The van der Waals surface area contributed by atoms with Gasteiger partial charge < -0.3 is 5.32 Å². The zero-order chi connectivity index (χ0) is 13.1. The van der Waals surface area contributed by atoms with E-state index in [1.165, 1.54) is 0 Å². The molecule has 0 aliphatic heterocycles. The van der Waals surface area contributed by atoms with Crippen LogP contribution in [0.3, 0.4) is 0 Å². The lowest BCUT2D eigenvalue weighted by Gasteiger charge is -2.27. The van der Waals surface area contributed by atoms with Crippen molar-refractivity contribution in [2.24, 2.45) is 0 Å². The minimum absolute atomic E-state index is 0.0120. The van der Waals surface area contributed by atoms with Crippen LogP contribution < -0.4 is 5.32 Å². The van der Waals surface area contributed by atoms with Crippen LogP contribution in [0, 0.1) is 13.8 Å². The standard InChI is InChI=1S/C13H17Br2NO/c1-9-5-4-6-10(2)11(9)12(17)16-13(3,7-14)8-15/h4-6H,7-8H2,1-3H3,(H,16,17). The Kier molecular flexibility index (Phi) is 5.20. The predicted octanol–water partition coefficient (Wildman–Crippen LogP) is 3.58. The van der Waals surface area contributed by atoms with Crippen LogP contribution in [-0.4, -0.2) is 22.1 Å². The second-order valence-corrected chi connectivity index (χ2v) is 5.67. The largest absolute Gasteiger partial charge is 0.345 e. The number of carbonyl (C=O) groups excluding carboxylic acids is 1. The van der Waals surface area contributed by atoms with Gasteiger partial charge in [-0.1, -0.05) is 50.1 Å². The van der Waals surface area contributed by atoms with Crippen LogP contribution in [0.15, 0.2) is 18.2 Å². The third-order valence-electron chi connectivity index (χ3n) is 2.71. The summed E-state index contributed by atoms with van der Waals surface area (Å²) in [6, 6.07) is 5.89. The minimum atomic E-state index is -0.272. The van der Waals surface area contributed by atoms with E-state index in [4.69, 9.17) is 0 Å². The molecule has 0 radical (unpaired) electrons. The minimum Gasteiger partial charge on any atom is -0.345 e. The van der Waals surface area contributed by atoms with Gasteiger partial charge in [-0.2, -0.15) is 0 Å². The van der Waals surface area contributed by atoms with E-state index >= 15 is 0 Å². The van der Waals surface area contributed by atoms with Crippen molar-refractivity contribution < 1.29 is 4.79 Å². The monoisotopic (exact) mass is 361 g/mol. The molecule has 1 aromatic rings. The SMILES string of the molecule is Cc1cccc(C)c1C(=O)NC(C)(CBr)CBr. The van der Waals surface area contributed by atoms with Crippen molar-refractivity contribution in [2.75, 3.05) is 10.7 Å². The first kappa shape index (κ1) is 14.7. The average Bonchev–Trinajstić information content (AvgIpc) is 2.28. The van der Waals surface area contributed by atoms with Crippen LogP contribution in [-0.2, 0) is 0 Å². The number of hydrogen-bond donors (Lipinski definition) is 1. The molecule has 94 valence electrons. The highest BCUT2D eigenvalue weighted by Gasteiger charge is 2.25. The highest BCUT2D eigenvalue weighted by molar-refractivity contribution is 9.09. The molecule has 4 heteroatoms. The lowest BCUT2D eigenvalue weighted by Crippen LogP contribution is -2.49. The molecule has 0 aliphatic rings. The second kappa shape index (κ2) is 6.01. The molecule has 0 heterocycles. The number of rotatable bonds is 4. The maximum absolute atomic E-state index is 12.3. The van der Waals surface area contributed by atoms with Crippen molar-refractivity contribution in [3.05, 3.63) is 34.9 Å². The molecule has 1 amide bonds. The molecule has 17 heavy (non-hydrogen) atoms. The number of aryl methyl sites for hydroxylation is 2. The number of hydrogen-bond acceptors (Lipinski definition) is 1. The van der Waals surface area contributed by atoms with Gasteiger partial charge in [0, 0.05) is 16.2 Å². The molecule has 2 nitrogen and oxygen atoms in total. The third-order valence-corrected chi connectivity index (χ3v) is 5.19. The molecular weight excluding hydrogens is 346 g/mol. The summed E-state index contributed by atoms with van der Waals surface area (Å²) in [7, 11) is 0. The van der Waals surface area contributed by atoms with E-state index in [0.29, 0.717) is 10.7 Å². The van der Waals surface area contributed by atoms with Crippen molar-refractivity contribution in [3.8, 4) is 0 Å². The first-order valence-electron chi connectivity index (χ1n) is 5.44. The number of halogens is 2. The van der Waals surface area contributed by atoms with Crippen molar-refractivity contribution >= 4 is 37.8 Å². The fourth-order valence-electron chi connectivity index (χ4n) is 1.61. The Labute approximate surface area is 119 Å². The highest BCUT2D eigenvalue weighted by atomic mass is 79.9. The van der Waals surface area contributed by atoms with Crippen molar-refractivity contribution in [1.82, 2.24) is 5.32 Å². The van der Waals surface area contributed by atoms with Gasteiger partial charge in [-0.3, -0.25) is 4.79 Å². The number of alkyl halides is 2. The van der Waals surface area contributed by atoms with Crippen LogP contribution in [0.1, 0.15) is 28.4 Å². The molecule has 0 saturated heterocycles. The Hall–Kier alpha value is -0.350. The summed E-state index contributed by atoms with van der Waals surface area (Å²) in [6.45, 7) is 5.92. The summed E-state index contributed by atoms with van der Waals surface area (Å²) in [6.07, 6.45) is 0. The molecule has 0 saturated carbocycles. The summed E-state index contributed by atoms with van der Waals surface area (Å²) in [5.41, 5.74) is 2.52. The quantitative estimate of drug-likeness (QED) is 0.815. The molecule has 0 spiro atoms. The summed E-state index contributed by atoms with van der Waals surface area (Å²) in [5, 5.41) is 4.48. The topological polar surface area (TPSA) is 29.1 Å². The molecule has 0 fully saturated rings. The zero-order valence-electron chi connectivity index (χ0n) is 10.3. The molecular formula is C13H17Br2NO. The maximum Gasteiger partial charge on any atom is 0.252 e. The fourth-order valence-corrected chi connectivity index (χ4v) is 2.82. The van der Waals surface area contributed by atoms with Crippen molar-refractivity contribution in [1.29, 1.82) is 0 Å². The van der Waals surface area contributed by atoms with Crippen molar-refractivity contribution in [2.45, 2.75) is 26.3 Å². The Bertz CT molecular complexity index is 394. The first-order valence-corrected chi connectivity index (χ1v) is 7.68. The van der Waals surface area contributed by atoms with Crippen LogP contribution >= 0.6 is 31.9 Å². The Morgan fingerprint density at radius 2 is 1.71 bits per heavy atom. The smallest absolute Gasteiger partial charge is 0.252 e. The summed E-state index contributed by atoms with van der Waals surface area (Å²) in [4.78, 5) is 12.3. The van der Waals surface area contributed by atoms with Gasteiger partial charge in [0.2, 0.25) is 0 Å². The van der Waals surface area contributed by atoms with E-state index in [9.17, 15) is 4.79 Å². The van der Waals surface area contributed by atoms with Gasteiger partial charge in [-0.05, 0) is 31.9 Å². The van der Waals surface area contributed by atoms with Crippen molar-refractivity contribution in [3.63, 3.8) is 0 Å². The molecule has 1 N–H and O–H groups in total. The van der Waals surface area contributed by atoms with Gasteiger partial charge in [-0.25, -0.2) is 0 Å². The van der Waals surface area contributed by atoms with E-state index in [1.54, 1.807) is 0 Å². The van der Waals surface area contributed by atoms with Gasteiger partial charge in [0.05, 0.1) is 5.54 Å². The van der Waals surface area contributed by atoms with Crippen LogP contribution in [0.2, 0.25) is 0 Å². The van der Waals surface area contributed by atoms with E-state index in [-0.39, 0.29) is 11.4 Å². The molecule has 0 aliphatic carbocycles. The van der Waals surface area contributed by atoms with Crippen LogP contribution in [0.4, 0.5) is 0 Å². The molecule has 0 bridgehead atoms. The van der Waals surface area contributed by atoms with Gasteiger partial charge in [0.25, 0.3) is 5.91 Å². The van der Waals surface area contributed by atoms with E-state index in [0.717, 1.165) is 16.7 Å². The van der Waals surface area contributed by atoms with Gasteiger partial charge >= 0.3 is 0 Å². The number of carbonyl (C=O) groups is 1. The van der Waals surface area contributed by atoms with E-state index in [2.05, 4.69) is 37.2 Å². The molecule has 0 atom stereocenters. The lowest BCUT2D eigenvalue weighted by atomic mass is 10.0. The third kappa shape index (κ3) is 3.55. The second-order valence-electron chi connectivity index (χ2n) is 4.55. The highest BCUT2D eigenvalue weighted by Crippen LogP contribution is 2.17. The summed E-state index contributed by atoms with van der Waals surface area (Å²) < 4.78 is 0. The van der Waals surface area contributed by atoms with Gasteiger partial charge in [-0.15, -0.1) is 0 Å². The molecule has 1 aromatic carbocycles. The Morgan fingerprint density at radius 1 is 1.24 bits per heavy atom. The lowest BCUT2D eigenvalue weighted by molar-refractivity contribution is 0.0921. The van der Waals surface area contributed by atoms with Gasteiger partial charge in [0.1, 0.15) is 0 Å². The number of benzene rings is 1. The maximum atomic E-state index is 12.3. The fraction of sp³-hybridized carbons (Fsp3) is 0.462. The zero-order valence-corrected chi connectivity index (χ0v) is 13.5. The Morgan fingerprint density at radius 3 is 2.12 bits per heavy atom.